The molecule has 0 unspecified atom stereocenters. The molecule has 3 rings (SSSR count). The number of carbonyl (C=O) groups is 2. The van der Waals surface area contributed by atoms with Gasteiger partial charge in [-0.3, -0.25) is 9.59 Å². The quantitative estimate of drug-likeness (QED) is 0.649. The summed E-state index contributed by atoms with van der Waals surface area (Å²) in [5.74, 6) is 1.61. The van der Waals surface area contributed by atoms with Gasteiger partial charge in [-0.25, -0.2) is 0 Å². The summed E-state index contributed by atoms with van der Waals surface area (Å²) in [6.45, 7) is 8.67. The van der Waals surface area contributed by atoms with Crippen LogP contribution in [0.3, 0.4) is 0 Å². The average molecular weight is 424 g/mol. The van der Waals surface area contributed by atoms with Crippen molar-refractivity contribution in [2.45, 2.75) is 33.6 Å². The smallest absolute Gasteiger partial charge is 0.253 e. The molecule has 0 radical (unpaired) electrons. The van der Waals surface area contributed by atoms with E-state index in [0.717, 1.165) is 31.6 Å². The first kappa shape index (κ1) is 22.7. The highest BCUT2D eigenvalue weighted by Gasteiger charge is 2.21. The lowest BCUT2D eigenvalue weighted by molar-refractivity contribution is -0.114. The number of ether oxygens (including phenoxy) is 1. The Hall–Kier alpha value is -3.02. The van der Waals surface area contributed by atoms with Crippen molar-refractivity contribution in [2.24, 2.45) is 11.8 Å². The second kappa shape index (κ2) is 10.8. The molecule has 0 saturated carbocycles. The van der Waals surface area contributed by atoms with Crippen LogP contribution < -0.4 is 15.4 Å². The molecule has 2 aromatic rings. The van der Waals surface area contributed by atoms with E-state index in [2.05, 4.69) is 31.4 Å². The molecule has 1 aliphatic heterocycles. The van der Waals surface area contributed by atoms with Crippen LogP contribution in [0.1, 0.15) is 44.0 Å². The number of carbonyl (C=O) groups excluding carboxylic acids is 2. The summed E-state index contributed by atoms with van der Waals surface area (Å²) in [6, 6.07) is 14.8. The maximum absolute atomic E-state index is 12.8. The van der Waals surface area contributed by atoms with Gasteiger partial charge in [0.25, 0.3) is 5.91 Å². The van der Waals surface area contributed by atoms with E-state index in [9.17, 15) is 9.59 Å². The van der Waals surface area contributed by atoms with Crippen molar-refractivity contribution in [3.8, 4) is 5.75 Å². The van der Waals surface area contributed by atoms with Crippen molar-refractivity contribution in [3.05, 3.63) is 54.1 Å². The van der Waals surface area contributed by atoms with Crippen LogP contribution in [0.15, 0.2) is 48.5 Å². The molecule has 0 aromatic heterocycles. The number of rotatable bonds is 8. The van der Waals surface area contributed by atoms with E-state index in [-0.39, 0.29) is 18.4 Å². The third kappa shape index (κ3) is 6.74. The fourth-order valence-corrected chi connectivity index (χ4v) is 3.49. The fourth-order valence-electron chi connectivity index (χ4n) is 3.49. The van der Waals surface area contributed by atoms with E-state index in [1.165, 1.54) is 0 Å². The lowest BCUT2D eigenvalue weighted by atomic mass is 9.98. The summed E-state index contributed by atoms with van der Waals surface area (Å²) in [5.41, 5.74) is 2.04. The molecule has 31 heavy (non-hydrogen) atoms. The molecule has 0 spiro atoms. The summed E-state index contributed by atoms with van der Waals surface area (Å²) >= 11 is 0. The van der Waals surface area contributed by atoms with Crippen LogP contribution in [-0.4, -0.2) is 43.0 Å². The van der Waals surface area contributed by atoms with Gasteiger partial charge in [0.15, 0.2) is 0 Å². The molecule has 1 aliphatic rings. The van der Waals surface area contributed by atoms with E-state index in [1.807, 2.05) is 53.4 Å². The zero-order valence-corrected chi connectivity index (χ0v) is 18.7. The Morgan fingerprint density at radius 1 is 1.10 bits per heavy atom. The highest BCUT2D eigenvalue weighted by Crippen LogP contribution is 2.24. The van der Waals surface area contributed by atoms with E-state index >= 15 is 0 Å². The van der Waals surface area contributed by atoms with Gasteiger partial charge in [-0.2, -0.15) is 0 Å². The van der Waals surface area contributed by atoms with Crippen LogP contribution in [0, 0.1) is 11.8 Å². The molecule has 2 N–H and O–H groups in total. The number of hydrogen-bond acceptors (Lipinski definition) is 4. The highest BCUT2D eigenvalue weighted by atomic mass is 16.5. The van der Waals surface area contributed by atoms with Gasteiger partial charge in [-0.1, -0.05) is 39.0 Å². The Labute approximate surface area is 185 Å². The second-order valence-corrected chi connectivity index (χ2v) is 8.66. The number of nitrogens with one attached hydrogen (secondary N) is 2. The monoisotopic (exact) mass is 423 g/mol. The molecular formula is C25H33N3O3. The third-order valence-corrected chi connectivity index (χ3v) is 5.37. The van der Waals surface area contributed by atoms with E-state index in [0.29, 0.717) is 35.4 Å². The number of anilines is 2. The number of nitrogens with zero attached hydrogens (tertiary/aromatic N) is 1. The Kier molecular flexibility index (Phi) is 7.93. The third-order valence-electron chi connectivity index (χ3n) is 5.37. The SMILES string of the molecule is CC(C)COc1ccccc1NC(=O)CNc1cccc(C(=O)N2CCC(C)CC2)c1. The number of piperidine rings is 1. The molecule has 6 nitrogen and oxygen atoms in total. The van der Waals surface area contributed by atoms with Gasteiger partial charge in [0.2, 0.25) is 5.91 Å². The molecular weight excluding hydrogens is 390 g/mol. The Morgan fingerprint density at radius 2 is 1.84 bits per heavy atom. The van der Waals surface area contributed by atoms with Crippen molar-refractivity contribution >= 4 is 23.2 Å². The fraction of sp³-hybridized carbons (Fsp3) is 0.440. The van der Waals surface area contributed by atoms with Crippen molar-refractivity contribution < 1.29 is 14.3 Å². The van der Waals surface area contributed by atoms with Crippen molar-refractivity contribution in [3.63, 3.8) is 0 Å². The van der Waals surface area contributed by atoms with Crippen LogP contribution in [0.5, 0.6) is 5.75 Å². The molecule has 1 saturated heterocycles. The molecule has 166 valence electrons. The number of amides is 2. The van der Waals surface area contributed by atoms with Crippen molar-refractivity contribution in [1.82, 2.24) is 4.90 Å². The molecule has 0 atom stereocenters. The van der Waals surface area contributed by atoms with E-state index < -0.39 is 0 Å². The van der Waals surface area contributed by atoms with Crippen LogP contribution >= 0.6 is 0 Å². The minimum atomic E-state index is -0.178. The number of para-hydroxylation sites is 2. The summed E-state index contributed by atoms with van der Waals surface area (Å²) in [7, 11) is 0. The Balaban J connectivity index is 1.55. The minimum Gasteiger partial charge on any atom is -0.491 e. The maximum atomic E-state index is 12.8. The molecule has 6 heteroatoms. The van der Waals surface area contributed by atoms with Crippen molar-refractivity contribution in [1.29, 1.82) is 0 Å². The van der Waals surface area contributed by atoms with Gasteiger partial charge in [0.05, 0.1) is 18.8 Å². The second-order valence-electron chi connectivity index (χ2n) is 8.66. The maximum Gasteiger partial charge on any atom is 0.253 e. The van der Waals surface area contributed by atoms with Crippen LogP contribution in [-0.2, 0) is 4.79 Å². The standard InChI is InChI=1S/C25H33N3O3/c1-18(2)17-31-23-10-5-4-9-22(23)27-24(29)16-26-21-8-6-7-20(15-21)25(30)28-13-11-19(3)12-14-28/h4-10,15,18-19,26H,11-14,16-17H2,1-3H3,(H,27,29). The summed E-state index contributed by atoms with van der Waals surface area (Å²) < 4.78 is 5.79. The molecule has 1 fully saturated rings. The van der Waals surface area contributed by atoms with Gasteiger partial charge >= 0.3 is 0 Å². The Bertz CT molecular complexity index is 889. The molecule has 1 heterocycles. The van der Waals surface area contributed by atoms with Gasteiger partial charge in [-0.15, -0.1) is 0 Å². The molecule has 0 aliphatic carbocycles. The van der Waals surface area contributed by atoms with Gasteiger partial charge < -0.3 is 20.3 Å². The summed E-state index contributed by atoms with van der Waals surface area (Å²) in [6.07, 6.45) is 2.10. The van der Waals surface area contributed by atoms with Gasteiger partial charge in [0.1, 0.15) is 5.75 Å². The van der Waals surface area contributed by atoms with Gasteiger partial charge in [0, 0.05) is 24.3 Å². The molecule has 0 bridgehead atoms. The predicted molar refractivity (Wildman–Crippen MR) is 125 cm³/mol. The molecule has 2 amide bonds. The lowest BCUT2D eigenvalue weighted by Crippen LogP contribution is -2.37. The number of hydrogen-bond donors (Lipinski definition) is 2. The highest BCUT2D eigenvalue weighted by molar-refractivity contribution is 5.96. The van der Waals surface area contributed by atoms with Crippen LogP contribution in [0.4, 0.5) is 11.4 Å². The average Bonchev–Trinajstić information content (AvgIpc) is 2.77. The normalized spacial score (nSPS) is 14.4. The largest absolute Gasteiger partial charge is 0.491 e. The number of likely N-dealkylation sites (tertiary alicyclic amines) is 1. The zero-order chi connectivity index (χ0) is 22.2. The summed E-state index contributed by atoms with van der Waals surface area (Å²) in [4.78, 5) is 27.2. The first-order chi connectivity index (χ1) is 14.9. The topological polar surface area (TPSA) is 70.7 Å². The first-order valence-corrected chi connectivity index (χ1v) is 11.1. The van der Waals surface area contributed by atoms with E-state index in [1.54, 1.807) is 0 Å². The number of benzene rings is 2. The molecule has 2 aromatic carbocycles. The van der Waals surface area contributed by atoms with Crippen LogP contribution in [0.25, 0.3) is 0 Å². The first-order valence-electron chi connectivity index (χ1n) is 11.1. The Morgan fingerprint density at radius 3 is 2.58 bits per heavy atom. The van der Waals surface area contributed by atoms with E-state index in [4.69, 9.17) is 4.74 Å². The minimum absolute atomic E-state index is 0.0521. The van der Waals surface area contributed by atoms with Gasteiger partial charge in [-0.05, 0) is 55.0 Å². The van der Waals surface area contributed by atoms with Crippen molar-refractivity contribution in [2.75, 3.05) is 36.9 Å². The van der Waals surface area contributed by atoms with Crippen LogP contribution in [0.2, 0.25) is 0 Å². The lowest BCUT2D eigenvalue weighted by Gasteiger charge is -2.30. The predicted octanol–water partition coefficient (Wildman–Crippen LogP) is 4.64. The summed E-state index contributed by atoms with van der Waals surface area (Å²) in [5, 5.41) is 6.01. The zero-order valence-electron chi connectivity index (χ0n) is 18.7.